The Bertz CT molecular complexity index is 1120. The highest BCUT2D eigenvalue weighted by Crippen LogP contribution is 2.40. The van der Waals surface area contributed by atoms with E-state index in [1.807, 2.05) is 0 Å². The van der Waals surface area contributed by atoms with E-state index in [0.717, 1.165) is 5.56 Å². The molecule has 0 amide bonds. The summed E-state index contributed by atoms with van der Waals surface area (Å²) in [6, 6.07) is 14.3. The predicted octanol–water partition coefficient (Wildman–Crippen LogP) is 5.22. The molecule has 3 rings (SSSR count). The normalized spacial score (nSPS) is 15.9. The van der Waals surface area contributed by atoms with Crippen LogP contribution in [-0.2, 0) is 20.9 Å². The monoisotopic (exact) mass is 458 g/mol. The molecule has 2 N–H and O–H groups in total. The molecule has 0 saturated heterocycles. The minimum Gasteiger partial charge on any atom is -0.489 e. The molecule has 0 spiro atoms. The third-order valence-corrected chi connectivity index (χ3v) is 5.29. The van der Waals surface area contributed by atoms with Crippen LogP contribution < -0.4 is 10.5 Å². The SMILES string of the molecule is CCOC(=O)C1=C(C)OC(N)=C(C#N)C1c1cccc(OCc2ccc(Cl)cc2Cl)c1. The molecule has 0 aliphatic carbocycles. The van der Waals surface area contributed by atoms with Crippen LogP contribution in [-0.4, -0.2) is 12.6 Å². The summed E-state index contributed by atoms with van der Waals surface area (Å²) in [7, 11) is 0. The van der Waals surface area contributed by atoms with Crippen molar-refractivity contribution < 1.29 is 19.0 Å². The fraction of sp³-hybridized carbons (Fsp3) is 0.217. The van der Waals surface area contributed by atoms with Gasteiger partial charge in [-0.2, -0.15) is 5.26 Å². The molecule has 1 aliphatic heterocycles. The van der Waals surface area contributed by atoms with Gasteiger partial charge in [-0.05, 0) is 43.7 Å². The molecule has 1 aliphatic rings. The molecule has 0 aromatic heterocycles. The van der Waals surface area contributed by atoms with Crippen LogP contribution in [0.3, 0.4) is 0 Å². The Morgan fingerprint density at radius 3 is 2.71 bits per heavy atom. The Morgan fingerprint density at radius 1 is 1.26 bits per heavy atom. The van der Waals surface area contributed by atoms with Crippen LogP contribution in [0, 0.1) is 11.3 Å². The Morgan fingerprint density at radius 2 is 2.03 bits per heavy atom. The van der Waals surface area contributed by atoms with E-state index in [2.05, 4.69) is 6.07 Å². The lowest BCUT2D eigenvalue weighted by molar-refractivity contribution is -0.139. The van der Waals surface area contributed by atoms with Gasteiger partial charge in [0.15, 0.2) is 0 Å². The van der Waals surface area contributed by atoms with Crippen molar-refractivity contribution in [2.45, 2.75) is 26.4 Å². The van der Waals surface area contributed by atoms with Crippen molar-refractivity contribution in [3.63, 3.8) is 0 Å². The van der Waals surface area contributed by atoms with Gasteiger partial charge < -0.3 is 19.9 Å². The summed E-state index contributed by atoms with van der Waals surface area (Å²) in [6.07, 6.45) is 0. The van der Waals surface area contributed by atoms with Gasteiger partial charge in [0.25, 0.3) is 0 Å². The third kappa shape index (κ3) is 4.96. The standard InChI is InChI=1S/C23H20Cl2N2O4/c1-3-29-23(28)20-13(2)31-22(27)18(11-26)21(20)14-5-4-6-17(9-14)30-12-15-7-8-16(24)10-19(15)25/h4-10,21H,3,12,27H2,1-2H3. The summed E-state index contributed by atoms with van der Waals surface area (Å²) in [5, 5.41) is 10.7. The van der Waals surface area contributed by atoms with E-state index in [1.165, 1.54) is 0 Å². The molecule has 1 atom stereocenters. The molecular weight excluding hydrogens is 439 g/mol. The first-order valence-corrected chi connectivity index (χ1v) is 10.2. The minimum atomic E-state index is -0.736. The highest BCUT2D eigenvalue weighted by atomic mass is 35.5. The Kier molecular flexibility index (Phi) is 7.11. The second kappa shape index (κ2) is 9.78. The Hall–Kier alpha value is -3.14. The van der Waals surface area contributed by atoms with Crippen LogP contribution in [0.5, 0.6) is 5.75 Å². The second-order valence-corrected chi connectivity index (χ2v) is 7.56. The van der Waals surface area contributed by atoms with Gasteiger partial charge in [-0.3, -0.25) is 0 Å². The lowest BCUT2D eigenvalue weighted by Gasteiger charge is -2.27. The average Bonchev–Trinajstić information content (AvgIpc) is 2.73. The van der Waals surface area contributed by atoms with E-state index >= 15 is 0 Å². The first-order valence-electron chi connectivity index (χ1n) is 9.47. The molecule has 6 nitrogen and oxygen atoms in total. The molecule has 0 saturated carbocycles. The van der Waals surface area contributed by atoms with Gasteiger partial charge in [0, 0.05) is 15.6 Å². The topological polar surface area (TPSA) is 94.6 Å². The number of rotatable bonds is 6. The number of carbonyl (C=O) groups is 1. The van der Waals surface area contributed by atoms with Gasteiger partial charge in [0.2, 0.25) is 5.88 Å². The maximum absolute atomic E-state index is 12.6. The van der Waals surface area contributed by atoms with Crippen molar-refractivity contribution in [3.05, 3.63) is 86.4 Å². The number of nitrogens with two attached hydrogens (primary N) is 1. The van der Waals surface area contributed by atoms with E-state index in [4.69, 9.17) is 43.1 Å². The average molecular weight is 459 g/mol. The lowest BCUT2D eigenvalue weighted by Crippen LogP contribution is -2.25. The Labute approximate surface area is 190 Å². The summed E-state index contributed by atoms with van der Waals surface area (Å²) in [4.78, 5) is 12.6. The molecule has 0 bridgehead atoms. The fourth-order valence-corrected chi connectivity index (χ4v) is 3.73. The zero-order valence-corrected chi connectivity index (χ0v) is 18.5. The van der Waals surface area contributed by atoms with Crippen LogP contribution in [0.15, 0.2) is 65.3 Å². The zero-order chi connectivity index (χ0) is 22.5. The molecular formula is C23H20Cl2N2O4. The molecule has 0 fully saturated rings. The number of ether oxygens (including phenoxy) is 3. The van der Waals surface area contributed by atoms with Gasteiger partial charge in [-0.1, -0.05) is 41.4 Å². The largest absolute Gasteiger partial charge is 0.489 e. The molecule has 2 aromatic rings. The quantitative estimate of drug-likeness (QED) is 0.596. The zero-order valence-electron chi connectivity index (χ0n) is 16.9. The number of allylic oxidation sites excluding steroid dienone is 2. The number of hydrogen-bond acceptors (Lipinski definition) is 6. The van der Waals surface area contributed by atoms with E-state index in [0.29, 0.717) is 27.1 Å². The maximum atomic E-state index is 12.6. The first kappa shape index (κ1) is 22.5. The highest BCUT2D eigenvalue weighted by Gasteiger charge is 2.36. The molecule has 31 heavy (non-hydrogen) atoms. The number of halogens is 2. The first-order chi connectivity index (χ1) is 14.8. The van der Waals surface area contributed by atoms with Crippen LogP contribution in [0.1, 0.15) is 30.9 Å². The fourth-order valence-electron chi connectivity index (χ4n) is 3.27. The minimum absolute atomic E-state index is 0.0442. The number of esters is 1. The van der Waals surface area contributed by atoms with Gasteiger partial charge in [0.1, 0.15) is 29.8 Å². The van der Waals surface area contributed by atoms with Gasteiger partial charge in [-0.15, -0.1) is 0 Å². The van der Waals surface area contributed by atoms with Gasteiger partial charge in [-0.25, -0.2) is 4.79 Å². The second-order valence-electron chi connectivity index (χ2n) is 6.71. The molecule has 2 aromatic carbocycles. The summed E-state index contributed by atoms with van der Waals surface area (Å²) < 4.78 is 16.5. The highest BCUT2D eigenvalue weighted by molar-refractivity contribution is 6.35. The third-order valence-electron chi connectivity index (χ3n) is 4.70. The maximum Gasteiger partial charge on any atom is 0.338 e. The van der Waals surface area contributed by atoms with Gasteiger partial charge in [0.05, 0.1) is 18.1 Å². The number of carbonyl (C=O) groups excluding carboxylic acids is 1. The van der Waals surface area contributed by atoms with E-state index < -0.39 is 11.9 Å². The van der Waals surface area contributed by atoms with Crippen molar-refractivity contribution in [2.75, 3.05) is 6.61 Å². The van der Waals surface area contributed by atoms with E-state index in [1.54, 1.807) is 56.3 Å². The summed E-state index contributed by atoms with van der Waals surface area (Å²) in [5.74, 6) is -0.520. The smallest absolute Gasteiger partial charge is 0.338 e. The molecule has 8 heteroatoms. The Balaban J connectivity index is 1.94. The number of hydrogen-bond donors (Lipinski definition) is 1. The van der Waals surface area contributed by atoms with Crippen molar-refractivity contribution >= 4 is 29.2 Å². The molecule has 0 radical (unpaired) electrons. The molecule has 1 unspecified atom stereocenters. The van der Waals surface area contributed by atoms with Crippen LogP contribution in [0.4, 0.5) is 0 Å². The van der Waals surface area contributed by atoms with Crippen LogP contribution in [0.2, 0.25) is 10.0 Å². The van der Waals surface area contributed by atoms with Crippen molar-refractivity contribution in [2.24, 2.45) is 5.73 Å². The van der Waals surface area contributed by atoms with Crippen LogP contribution >= 0.6 is 23.2 Å². The van der Waals surface area contributed by atoms with Crippen molar-refractivity contribution in [1.82, 2.24) is 0 Å². The van der Waals surface area contributed by atoms with Crippen molar-refractivity contribution in [1.29, 1.82) is 5.26 Å². The van der Waals surface area contributed by atoms with Crippen LogP contribution in [0.25, 0.3) is 0 Å². The van der Waals surface area contributed by atoms with E-state index in [-0.39, 0.29) is 30.2 Å². The molecule has 160 valence electrons. The molecule has 1 heterocycles. The van der Waals surface area contributed by atoms with Crippen molar-refractivity contribution in [3.8, 4) is 11.8 Å². The number of nitriles is 1. The summed E-state index contributed by atoms with van der Waals surface area (Å²) in [6.45, 7) is 3.73. The van der Waals surface area contributed by atoms with E-state index in [9.17, 15) is 10.1 Å². The number of benzene rings is 2. The predicted molar refractivity (Wildman–Crippen MR) is 117 cm³/mol. The lowest BCUT2D eigenvalue weighted by atomic mass is 9.83. The summed E-state index contributed by atoms with van der Waals surface area (Å²) >= 11 is 12.1. The number of nitrogens with zero attached hydrogens (tertiary/aromatic N) is 1. The summed E-state index contributed by atoms with van der Waals surface area (Å²) in [5.41, 5.74) is 7.71. The van der Waals surface area contributed by atoms with Gasteiger partial charge >= 0.3 is 5.97 Å².